The van der Waals surface area contributed by atoms with E-state index in [1.165, 1.54) is 5.56 Å². The molecule has 0 fully saturated rings. The first-order chi connectivity index (χ1) is 13.6. The highest BCUT2D eigenvalue weighted by Gasteiger charge is 2.27. The number of methoxy groups -OCH3 is 2. The molecular weight excluding hydrogens is 358 g/mol. The number of hydrogen-bond acceptors (Lipinski definition) is 6. The van der Waals surface area contributed by atoms with Crippen molar-refractivity contribution in [2.45, 2.75) is 25.7 Å². The molecule has 0 aliphatic heterocycles. The Bertz CT molecular complexity index is 910. The zero-order valence-electron chi connectivity index (χ0n) is 16.1. The van der Waals surface area contributed by atoms with Gasteiger partial charge in [-0.05, 0) is 42.2 Å². The number of hydrogen-bond donors (Lipinski definition) is 2. The maximum Gasteiger partial charge on any atom is 0.235 e. The molecule has 3 rings (SSSR count). The average molecular weight is 381 g/mol. The molecule has 0 radical (unpaired) electrons. The first kappa shape index (κ1) is 19.3. The minimum Gasteiger partial charge on any atom is -0.497 e. The summed E-state index contributed by atoms with van der Waals surface area (Å²) in [6.45, 7) is 2.09. The Morgan fingerprint density at radius 3 is 2.54 bits per heavy atom. The number of amides is 1. The summed E-state index contributed by atoms with van der Waals surface area (Å²) < 4.78 is 10.7. The van der Waals surface area contributed by atoms with Crippen LogP contribution in [0, 0.1) is 0 Å². The summed E-state index contributed by atoms with van der Waals surface area (Å²) in [5.41, 5.74) is 2.77. The van der Waals surface area contributed by atoms with Crippen LogP contribution in [0.5, 0.6) is 11.5 Å². The first-order valence-corrected chi connectivity index (χ1v) is 8.98. The monoisotopic (exact) mass is 381 g/mol. The quantitative estimate of drug-likeness (QED) is 0.622. The molecule has 1 unspecified atom stereocenters. The highest BCUT2D eigenvalue weighted by Crippen LogP contribution is 2.29. The summed E-state index contributed by atoms with van der Waals surface area (Å²) >= 11 is 0. The Labute approximate surface area is 163 Å². The average Bonchev–Trinajstić information content (AvgIpc) is 3.26. The van der Waals surface area contributed by atoms with Crippen LogP contribution < -0.4 is 14.8 Å². The molecule has 3 aromatic rings. The molecular formula is C20H23N5O3. The van der Waals surface area contributed by atoms with Crippen LogP contribution in [-0.2, 0) is 17.6 Å². The Morgan fingerprint density at radius 2 is 1.93 bits per heavy atom. The van der Waals surface area contributed by atoms with E-state index in [-0.39, 0.29) is 5.91 Å². The van der Waals surface area contributed by atoms with E-state index in [4.69, 9.17) is 9.47 Å². The van der Waals surface area contributed by atoms with E-state index in [1.54, 1.807) is 20.3 Å². The molecule has 8 nitrogen and oxygen atoms in total. The van der Waals surface area contributed by atoms with Gasteiger partial charge in [0, 0.05) is 11.8 Å². The minimum atomic E-state index is -0.633. The fourth-order valence-electron chi connectivity index (χ4n) is 2.91. The fourth-order valence-corrected chi connectivity index (χ4v) is 2.91. The Morgan fingerprint density at radius 1 is 1.14 bits per heavy atom. The topological polar surface area (TPSA) is 102 Å². The van der Waals surface area contributed by atoms with E-state index >= 15 is 0 Å². The molecule has 1 aromatic heterocycles. The molecule has 2 N–H and O–H groups in total. The highest BCUT2D eigenvalue weighted by molar-refractivity contribution is 5.95. The van der Waals surface area contributed by atoms with Gasteiger partial charge in [0.2, 0.25) is 5.91 Å². The SMILES string of the molecule is CCc1ccc(NC(=O)C(Cc2ccc(OC)cc2OC)c2nn[nH]n2)cc1. The first-order valence-electron chi connectivity index (χ1n) is 8.98. The molecule has 0 bridgehead atoms. The molecule has 0 saturated carbocycles. The number of nitrogens with one attached hydrogen (secondary N) is 2. The van der Waals surface area contributed by atoms with Crippen LogP contribution in [-0.4, -0.2) is 40.8 Å². The lowest BCUT2D eigenvalue weighted by Crippen LogP contribution is -2.24. The Hall–Kier alpha value is -3.42. The van der Waals surface area contributed by atoms with Crippen molar-refractivity contribution >= 4 is 11.6 Å². The van der Waals surface area contributed by atoms with Crippen LogP contribution in [0.3, 0.4) is 0 Å². The molecule has 0 spiro atoms. The minimum absolute atomic E-state index is 0.219. The zero-order valence-corrected chi connectivity index (χ0v) is 16.1. The number of aromatic amines is 1. The van der Waals surface area contributed by atoms with Crippen molar-refractivity contribution in [3.8, 4) is 11.5 Å². The number of aromatic nitrogens is 4. The molecule has 1 atom stereocenters. The van der Waals surface area contributed by atoms with Crippen molar-refractivity contribution in [1.29, 1.82) is 0 Å². The number of benzene rings is 2. The third kappa shape index (κ3) is 4.46. The number of ether oxygens (including phenoxy) is 2. The molecule has 1 amide bonds. The lowest BCUT2D eigenvalue weighted by atomic mass is 9.96. The number of carbonyl (C=O) groups is 1. The molecule has 1 heterocycles. The normalized spacial score (nSPS) is 11.7. The molecule has 8 heteroatoms. The number of nitrogens with zero attached hydrogens (tertiary/aromatic N) is 3. The summed E-state index contributed by atoms with van der Waals surface area (Å²) in [4.78, 5) is 13.0. The molecule has 146 valence electrons. The van der Waals surface area contributed by atoms with Crippen molar-refractivity contribution in [2.24, 2.45) is 0 Å². The molecule has 0 aliphatic carbocycles. The van der Waals surface area contributed by atoms with Crippen molar-refractivity contribution in [3.63, 3.8) is 0 Å². The lowest BCUT2D eigenvalue weighted by Gasteiger charge is -2.16. The van der Waals surface area contributed by atoms with Gasteiger partial charge < -0.3 is 14.8 Å². The van der Waals surface area contributed by atoms with Gasteiger partial charge in [-0.15, -0.1) is 10.2 Å². The predicted octanol–water partition coefficient (Wildman–Crippen LogP) is 2.74. The number of rotatable bonds is 8. The van der Waals surface area contributed by atoms with Gasteiger partial charge in [0.15, 0.2) is 5.82 Å². The van der Waals surface area contributed by atoms with Gasteiger partial charge in [-0.2, -0.15) is 5.21 Å². The second-order valence-electron chi connectivity index (χ2n) is 6.24. The summed E-state index contributed by atoms with van der Waals surface area (Å²) in [6.07, 6.45) is 1.29. The van der Waals surface area contributed by atoms with Crippen molar-refractivity contribution in [3.05, 3.63) is 59.4 Å². The van der Waals surface area contributed by atoms with Crippen molar-refractivity contribution in [2.75, 3.05) is 19.5 Å². The van der Waals surface area contributed by atoms with Crippen LogP contribution in [0.15, 0.2) is 42.5 Å². The molecule has 0 aliphatic rings. The highest BCUT2D eigenvalue weighted by atomic mass is 16.5. The van der Waals surface area contributed by atoms with Gasteiger partial charge in [0.25, 0.3) is 0 Å². The standard InChI is InChI=1S/C20H23N5O3/c1-4-13-5-8-15(9-6-13)21-20(26)17(19-22-24-25-23-19)11-14-7-10-16(27-2)12-18(14)28-3/h5-10,12,17H,4,11H2,1-3H3,(H,21,26)(H,22,23,24,25). The Balaban J connectivity index is 1.84. The molecule has 2 aromatic carbocycles. The van der Waals surface area contributed by atoms with Crippen LogP contribution in [0.25, 0.3) is 0 Å². The van der Waals surface area contributed by atoms with Crippen LogP contribution in [0.2, 0.25) is 0 Å². The van der Waals surface area contributed by atoms with Crippen LogP contribution >= 0.6 is 0 Å². The molecule has 28 heavy (non-hydrogen) atoms. The maximum atomic E-state index is 13.0. The van der Waals surface area contributed by atoms with Gasteiger partial charge in [-0.3, -0.25) is 4.79 Å². The van der Waals surface area contributed by atoms with E-state index in [1.807, 2.05) is 36.4 Å². The zero-order chi connectivity index (χ0) is 19.9. The second-order valence-corrected chi connectivity index (χ2v) is 6.24. The van der Waals surface area contributed by atoms with E-state index in [0.29, 0.717) is 23.7 Å². The summed E-state index contributed by atoms with van der Waals surface area (Å²) in [5, 5.41) is 17.0. The van der Waals surface area contributed by atoms with E-state index in [9.17, 15) is 4.79 Å². The van der Waals surface area contributed by atoms with E-state index in [2.05, 4.69) is 32.9 Å². The van der Waals surface area contributed by atoms with Crippen molar-refractivity contribution in [1.82, 2.24) is 20.6 Å². The van der Waals surface area contributed by atoms with Gasteiger partial charge in [0.05, 0.1) is 14.2 Å². The number of H-pyrrole nitrogens is 1. The number of anilines is 1. The summed E-state index contributed by atoms with van der Waals surface area (Å²) in [6, 6.07) is 13.2. The van der Waals surface area contributed by atoms with Gasteiger partial charge in [0.1, 0.15) is 17.4 Å². The smallest absolute Gasteiger partial charge is 0.235 e. The largest absolute Gasteiger partial charge is 0.497 e. The van der Waals surface area contributed by atoms with Gasteiger partial charge in [-0.1, -0.05) is 30.3 Å². The van der Waals surface area contributed by atoms with Gasteiger partial charge >= 0.3 is 0 Å². The summed E-state index contributed by atoms with van der Waals surface area (Å²) in [7, 11) is 3.17. The lowest BCUT2D eigenvalue weighted by molar-refractivity contribution is -0.117. The van der Waals surface area contributed by atoms with E-state index in [0.717, 1.165) is 17.7 Å². The maximum absolute atomic E-state index is 13.0. The van der Waals surface area contributed by atoms with E-state index < -0.39 is 5.92 Å². The second kappa shape index (κ2) is 8.98. The van der Waals surface area contributed by atoms with Crippen LogP contribution in [0.4, 0.5) is 5.69 Å². The summed E-state index contributed by atoms with van der Waals surface area (Å²) in [5.74, 6) is 0.779. The Kier molecular flexibility index (Phi) is 6.21. The van der Waals surface area contributed by atoms with Gasteiger partial charge in [-0.25, -0.2) is 0 Å². The third-order valence-electron chi connectivity index (χ3n) is 4.54. The predicted molar refractivity (Wildman–Crippen MR) is 105 cm³/mol. The third-order valence-corrected chi connectivity index (χ3v) is 4.54. The number of carbonyl (C=O) groups excluding carboxylic acids is 1. The number of tetrazole rings is 1. The fraction of sp³-hybridized carbons (Fsp3) is 0.300. The van der Waals surface area contributed by atoms with Crippen molar-refractivity contribution < 1.29 is 14.3 Å². The molecule has 0 saturated heterocycles. The van der Waals surface area contributed by atoms with Crippen LogP contribution in [0.1, 0.15) is 29.8 Å². The number of aryl methyl sites for hydroxylation is 1.